The molecule has 3 heterocycles. The van der Waals surface area contributed by atoms with Gasteiger partial charge in [-0.2, -0.15) is 13.2 Å². The Morgan fingerprint density at radius 3 is 2.67 bits per heavy atom. The lowest BCUT2D eigenvalue weighted by molar-refractivity contribution is -0.147. The van der Waals surface area contributed by atoms with Crippen molar-refractivity contribution in [1.82, 2.24) is 19.8 Å². The summed E-state index contributed by atoms with van der Waals surface area (Å²) in [6, 6.07) is 5.06. The molecule has 2 aliphatic heterocycles. The van der Waals surface area contributed by atoms with Crippen LogP contribution in [0.15, 0.2) is 18.2 Å². The van der Waals surface area contributed by atoms with Crippen molar-refractivity contribution < 1.29 is 18.0 Å². The third kappa shape index (κ3) is 3.31. The van der Waals surface area contributed by atoms with Crippen LogP contribution < -0.4 is 5.32 Å². The van der Waals surface area contributed by atoms with Gasteiger partial charge in [-0.05, 0) is 51.3 Å². The lowest BCUT2D eigenvalue weighted by Crippen LogP contribution is -2.39. The van der Waals surface area contributed by atoms with Crippen molar-refractivity contribution in [3.8, 4) is 0 Å². The predicted molar refractivity (Wildman–Crippen MR) is 95.6 cm³/mol. The summed E-state index contributed by atoms with van der Waals surface area (Å²) >= 11 is 0. The van der Waals surface area contributed by atoms with Crippen molar-refractivity contribution in [2.75, 3.05) is 13.1 Å². The maximum absolute atomic E-state index is 13.4. The van der Waals surface area contributed by atoms with Crippen molar-refractivity contribution in [3.05, 3.63) is 29.6 Å². The van der Waals surface area contributed by atoms with Gasteiger partial charge in [-0.15, -0.1) is 0 Å². The molecule has 0 aliphatic carbocycles. The van der Waals surface area contributed by atoms with Gasteiger partial charge in [0.15, 0.2) is 0 Å². The van der Waals surface area contributed by atoms with Gasteiger partial charge in [0.05, 0.1) is 11.0 Å². The zero-order valence-corrected chi connectivity index (χ0v) is 15.4. The third-order valence-electron chi connectivity index (χ3n) is 5.52. The molecule has 2 fully saturated rings. The molecule has 146 valence electrons. The Morgan fingerprint density at radius 2 is 1.96 bits per heavy atom. The molecule has 0 saturated carbocycles. The molecule has 0 radical (unpaired) electrons. The smallest absolute Gasteiger partial charge is 0.337 e. The number of benzene rings is 1. The number of amides is 1. The number of likely N-dealkylation sites (tertiary alicyclic amines) is 1. The first-order valence-electron chi connectivity index (χ1n) is 9.38. The zero-order chi connectivity index (χ0) is 19.3. The summed E-state index contributed by atoms with van der Waals surface area (Å²) in [6.45, 7) is 4.68. The van der Waals surface area contributed by atoms with E-state index in [2.05, 4.69) is 10.3 Å². The maximum Gasteiger partial charge on any atom is 0.449 e. The predicted octanol–water partition coefficient (Wildman–Crippen LogP) is 3.60. The molecular formula is C19H23F3N4O. The number of rotatable bonds is 2. The fraction of sp³-hybridized carbons (Fsp3) is 0.579. The van der Waals surface area contributed by atoms with E-state index >= 15 is 0 Å². The van der Waals surface area contributed by atoms with E-state index in [1.807, 2.05) is 4.90 Å². The van der Waals surface area contributed by atoms with Crippen molar-refractivity contribution in [2.24, 2.45) is 0 Å². The van der Waals surface area contributed by atoms with Crippen LogP contribution in [0.25, 0.3) is 11.0 Å². The van der Waals surface area contributed by atoms with Crippen molar-refractivity contribution in [2.45, 2.75) is 57.4 Å². The lowest BCUT2D eigenvalue weighted by Gasteiger charge is -2.24. The Labute approximate surface area is 155 Å². The molecule has 1 aromatic heterocycles. The van der Waals surface area contributed by atoms with Crippen molar-refractivity contribution in [3.63, 3.8) is 0 Å². The number of hydrogen-bond acceptors (Lipinski definition) is 3. The van der Waals surface area contributed by atoms with Crippen LogP contribution >= 0.6 is 0 Å². The average Bonchev–Trinajstić information content (AvgIpc) is 3.13. The van der Waals surface area contributed by atoms with Crippen LogP contribution in [0.4, 0.5) is 13.2 Å². The van der Waals surface area contributed by atoms with E-state index in [1.165, 1.54) is 10.6 Å². The van der Waals surface area contributed by atoms with Gasteiger partial charge in [0.1, 0.15) is 0 Å². The van der Waals surface area contributed by atoms with Gasteiger partial charge in [-0.25, -0.2) is 4.98 Å². The Balaban J connectivity index is 1.68. The second kappa shape index (κ2) is 6.51. The highest BCUT2D eigenvalue weighted by Crippen LogP contribution is 2.34. The fourth-order valence-corrected chi connectivity index (χ4v) is 4.26. The molecule has 8 heteroatoms. The number of carbonyl (C=O) groups is 1. The number of nitrogens with one attached hydrogen (secondary N) is 1. The van der Waals surface area contributed by atoms with Crippen LogP contribution in [0.2, 0.25) is 0 Å². The minimum absolute atomic E-state index is 0.140. The van der Waals surface area contributed by atoms with Gasteiger partial charge in [-0.3, -0.25) is 4.79 Å². The average molecular weight is 380 g/mol. The van der Waals surface area contributed by atoms with E-state index in [0.29, 0.717) is 36.3 Å². The molecule has 5 nitrogen and oxygen atoms in total. The molecule has 0 spiro atoms. The van der Waals surface area contributed by atoms with Crippen LogP contribution in [0.5, 0.6) is 0 Å². The maximum atomic E-state index is 13.4. The first-order chi connectivity index (χ1) is 12.7. The largest absolute Gasteiger partial charge is 0.449 e. The summed E-state index contributed by atoms with van der Waals surface area (Å²) in [4.78, 5) is 18.5. The number of hydrogen-bond donors (Lipinski definition) is 1. The molecule has 4 rings (SSSR count). The Hall–Kier alpha value is -2.09. The SMILES string of the molecule is CC(C)n1c(C(F)(F)F)nc2cc(C(=O)N3CCC4CCC(C3)N4)ccc21. The molecular weight excluding hydrogens is 357 g/mol. The Bertz CT molecular complexity index is 874. The summed E-state index contributed by atoms with van der Waals surface area (Å²) < 4.78 is 41.3. The second-order valence-electron chi connectivity index (χ2n) is 7.78. The van der Waals surface area contributed by atoms with Crippen LogP contribution in [-0.4, -0.2) is 45.5 Å². The zero-order valence-electron chi connectivity index (χ0n) is 15.4. The monoisotopic (exact) mass is 380 g/mol. The molecule has 1 N–H and O–H groups in total. The Kier molecular flexibility index (Phi) is 4.41. The van der Waals surface area contributed by atoms with Gasteiger partial charge in [0.2, 0.25) is 5.82 Å². The van der Waals surface area contributed by atoms with Crippen molar-refractivity contribution in [1.29, 1.82) is 0 Å². The normalized spacial score (nSPS) is 23.3. The van der Waals surface area contributed by atoms with Gasteiger partial charge < -0.3 is 14.8 Å². The molecule has 2 atom stereocenters. The topological polar surface area (TPSA) is 50.2 Å². The van der Waals surface area contributed by atoms with E-state index in [-0.39, 0.29) is 17.5 Å². The molecule has 2 aromatic rings. The number of nitrogens with zero attached hydrogens (tertiary/aromatic N) is 3. The van der Waals surface area contributed by atoms with Gasteiger partial charge in [0, 0.05) is 36.8 Å². The number of fused-ring (bicyclic) bond motifs is 3. The summed E-state index contributed by atoms with van der Waals surface area (Å²) in [7, 11) is 0. The van der Waals surface area contributed by atoms with Gasteiger partial charge in [-0.1, -0.05) is 0 Å². The summed E-state index contributed by atoms with van der Waals surface area (Å²) in [5, 5.41) is 3.52. The van der Waals surface area contributed by atoms with Crippen molar-refractivity contribution >= 4 is 16.9 Å². The summed E-state index contributed by atoms with van der Waals surface area (Å²) in [5.74, 6) is -1.06. The molecule has 27 heavy (non-hydrogen) atoms. The molecule has 2 unspecified atom stereocenters. The quantitative estimate of drug-likeness (QED) is 0.866. The highest BCUT2D eigenvalue weighted by Gasteiger charge is 2.38. The number of aromatic nitrogens is 2. The first-order valence-corrected chi connectivity index (χ1v) is 9.38. The minimum atomic E-state index is -4.54. The lowest BCUT2D eigenvalue weighted by atomic mass is 10.1. The van der Waals surface area contributed by atoms with E-state index < -0.39 is 12.0 Å². The fourth-order valence-electron chi connectivity index (χ4n) is 4.26. The highest BCUT2D eigenvalue weighted by atomic mass is 19.4. The van der Waals surface area contributed by atoms with Crippen LogP contribution in [0.1, 0.15) is 55.3 Å². The molecule has 2 bridgehead atoms. The second-order valence-corrected chi connectivity index (χ2v) is 7.78. The summed E-state index contributed by atoms with van der Waals surface area (Å²) in [5.41, 5.74) is 0.990. The molecule has 1 aromatic carbocycles. The standard InChI is InChI=1S/C19H23F3N4O/c1-11(2)26-16-6-3-12(9-15(16)24-18(26)19(20,21)22)17(27)25-8-7-13-4-5-14(10-25)23-13/h3,6,9,11,13-14,23H,4-5,7-8,10H2,1-2H3. The van der Waals surface area contributed by atoms with Gasteiger partial charge >= 0.3 is 6.18 Å². The van der Waals surface area contributed by atoms with E-state index in [9.17, 15) is 18.0 Å². The molecule has 2 aliphatic rings. The van der Waals surface area contributed by atoms with E-state index in [0.717, 1.165) is 19.3 Å². The van der Waals surface area contributed by atoms with E-state index in [1.54, 1.807) is 26.0 Å². The summed E-state index contributed by atoms with van der Waals surface area (Å²) in [6.07, 6.45) is -1.43. The van der Waals surface area contributed by atoms with Crippen LogP contribution in [0.3, 0.4) is 0 Å². The third-order valence-corrected chi connectivity index (χ3v) is 5.52. The minimum Gasteiger partial charge on any atom is -0.337 e. The Morgan fingerprint density at radius 1 is 1.22 bits per heavy atom. The van der Waals surface area contributed by atoms with Gasteiger partial charge in [0.25, 0.3) is 5.91 Å². The first kappa shape index (κ1) is 18.3. The number of carbonyl (C=O) groups excluding carboxylic acids is 1. The molecule has 1 amide bonds. The molecule has 2 saturated heterocycles. The number of halogens is 3. The highest BCUT2D eigenvalue weighted by molar-refractivity contribution is 5.97. The number of alkyl halides is 3. The van der Waals surface area contributed by atoms with E-state index in [4.69, 9.17) is 0 Å². The van der Waals surface area contributed by atoms with Crippen LogP contribution in [0, 0.1) is 0 Å². The number of imidazole rings is 1. The van der Waals surface area contributed by atoms with Crippen LogP contribution in [-0.2, 0) is 6.18 Å².